The van der Waals surface area contributed by atoms with Crippen LogP contribution in [-0.4, -0.2) is 11.2 Å². The van der Waals surface area contributed by atoms with Crippen molar-refractivity contribution in [3.63, 3.8) is 0 Å². The van der Waals surface area contributed by atoms with Gasteiger partial charge in [0.05, 0.1) is 5.33 Å². The quantitative estimate of drug-likeness (QED) is 0.846. The number of amides is 1. The summed E-state index contributed by atoms with van der Waals surface area (Å²) in [5.41, 5.74) is 0.978. The first-order valence-electron chi connectivity index (χ1n) is 6.02. The Bertz CT molecular complexity index is 569. The number of carbonyl (C=O) groups is 1. The third-order valence-corrected chi connectivity index (χ3v) is 3.09. The van der Waals surface area contributed by atoms with E-state index >= 15 is 0 Å². The maximum atomic E-state index is 12.8. The molecule has 0 aromatic heterocycles. The number of nitrogens with one attached hydrogen (secondary N) is 1. The predicted molar refractivity (Wildman–Crippen MR) is 78.6 cm³/mol. The van der Waals surface area contributed by atoms with Crippen molar-refractivity contribution >= 4 is 21.8 Å². The molecule has 1 amide bonds. The summed E-state index contributed by atoms with van der Waals surface area (Å²) in [7, 11) is 0. The summed E-state index contributed by atoms with van der Waals surface area (Å²) in [6.07, 6.45) is 0. The second-order valence-corrected chi connectivity index (χ2v) is 4.67. The molecule has 5 heteroatoms. The summed E-state index contributed by atoms with van der Waals surface area (Å²) >= 11 is 3.08. The van der Waals surface area contributed by atoms with E-state index in [2.05, 4.69) is 21.2 Å². The Labute approximate surface area is 124 Å². The van der Waals surface area contributed by atoms with Crippen LogP contribution in [0, 0.1) is 5.82 Å². The van der Waals surface area contributed by atoms with Gasteiger partial charge in [0.15, 0.2) is 0 Å². The van der Waals surface area contributed by atoms with Crippen LogP contribution in [-0.2, 0) is 11.3 Å². The van der Waals surface area contributed by atoms with E-state index in [1.165, 1.54) is 12.1 Å². The topological polar surface area (TPSA) is 38.3 Å². The summed E-state index contributed by atoms with van der Waals surface area (Å²) in [5.74, 6) is 0.880. The van der Waals surface area contributed by atoms with E-state index in [0.29, 0.717) is 23.4 Å². The minimum absolute atomic E-state index is 0.0587. The minimum Gasteiger partial charge on any atom is -0.457 e. The highest BCUT2D eigenvalue weighted by molar-refractivity contribution is 9.09. The second kappa shape index (κ2) is 7.05. The van der Waals surface area contributed by atoms with Gasteiger partial charge in [-0.15, -0.1) is 0 Å². The van der Waals surface area contributed by atoms with Crippen LogP contribution < -0.4 is 10.1 Å². The number of alkyl halides is 1. The zero-order chi connectivity index (χ0) is 14.4. The minimum atomic E-state index is -0.296. The second-order valence-electron chi connectivity index (χ2n) is 4.11. The zero-order valence-electron chi connectivity index (χ0n) is 10.6. The Morgan fingerprint density at radius 1 is 1.05 bits per heavy atom. The van der Waals surface area contributed by atoms with Gasteiger partial charge in [-0.3, -0.25) is 4.79 Å². The summed E-state index contributed by atoms with van der Waals surface area (Å²) in [6, 6.07) is 13.2. The lowest BCUT2D eigenvalue weighted by Gasteiger charge is -2.07. The van der Waals surface area contributed by atoms with E-state index in [0.717, 1.165) is 5.56 Å². The van der Waals surface area contributed by atoms with Crippen LogP contribution in [0.4, 0.5) is 4.39 Å². The summed E-state index contributed by atoms with van der Waals surface area (Å²) in [5, 5.41) is 3.05. The maximum Gasteiger partial charge on any atom is 0.230 e. The molecule has 2 aromatic carbocycles. The van der Waals surface area contributed by atoms with Crippen molar-refractivity contribution < 1.29 is 13.9 Å². The highest BCUT2D eigenvalue weighted by atomic mass is 79.9. The van der Waals surface area contributed by atoms with Crippen LogP contribution in [0.5, 0.6) is 11.5 Å². The highest BCUT2D eigenvalue weighted by Crippen LogP contribution is 2.21. The van der Waals surface area contributed by atoms with E-state index in [4.69, 9.17) is 4.74 Å². The van der Waals surface area contributed by atoms with Crippen LogP contribution in [0.1, 0.15) is 5.56 Å². The first-order valence-corrected chi connectivity index (χ1v) is 7.14. The average molecular weight is 338 g/mol. The van der Waals surface area contributed by atoms with Gasteiger partial charge < -0.3 is 10.1 Å². The lowest BCUT2D eigenvalue weighted by Crippen LogP contribution is -2.23. The van der Waals surface area contributed by atoms with Crippen molar-refractivity contribution in [2.75, 3.05) is 5.33 Å². The SMILES string of the molecule is O=C(CBr)NCc1ccc(Oc2ccc(F)cc2)cc1. The molecule has 0 heterocycles. The fraction of sp³-hybridized carbons (Fsp3) is 0.133. The summed E-state index contributed by atoms with van der Waals surface area (Å²) in [4.78, 5) is 11.1. The Morgan fingerprint density at radius 3 is 2.15 bits per heavy atom. The predicted octanol–water partition coefficient (Wildman–Crippen LogP) is 3.63. The smallest absolute Gasteiger partial charge is 0.230 e. The van der Waals surface area contributed by atoms with Gasteiger partial charge in [-0.25, -0.2) is 4.39 Å². The molecule has 104 valence electrons. The Morgan fingerprint density at radius 2 is 1.60 bits per heavy atom. The maximum absolute atomic E-state index is 12.8. The molecule has 0 unspecified atom stereocenters. The Kier molecular flexibility index (Phi) is 5.12. The third-order valence-electron chi connectivity index (χ3n) is 2.58. The van der Waals surface area contributed by atoms with Gasteiger partial charge in [0.2, 0.25) is 5.91 Å². The first kappa shape index (κ1) is 14.5. The van der Waals surface area contributed by atoms with Crippen molar-refractivity contribution in [3.05, 3.63) is 59.9 Å². The number of rotatable bonds is 5. The molecule has 0 bridgehead atoms. The molecule has 0 aliphatic heterocycles. The molecule has 20 heavy (non-hydrogen) atoms. The molecule has 0 saturated heterocycles. The van der Waals surface area contributed by atoms with Crippen molar-refractivity contribution in [2.45, 2.75) is 6.54 Å². The van der Waals surface area contributed by atoms with Crippen molar-refractivity contribution in [2.24, 2.45) is 0 Å². The monoisotopic (exact) mass is 337 g/mol. The van der Waals surface area contributed by atoms with E-state index in [1.54, 1.807) is 24.3 Å². The first-order chi connectivity index (χ1) is 9.67. The molecule has 0 aliphatic rings. The molecule has 0 aliphatic carbocycles. The van der Waals surface area contributed by atoms with Crippen LogP contribution in [0.2, 0.25) is 0 Å². The molecule has 0 spiro atoms. The van der Waals surface area contributed by atoms with Gasteiger partial charge in [-0.2, -0.15) is 0 Å². The van der Waals surface area contributed by atoms with Crippen LogP contribution in [0.3, 0.4) is 0 Å². The van der Waals surface area contributed by atoms with E-state index in [1.807, 2.05) is 12.1 Å². The van der Waals surface area contributed by atoms with E-state index in [-0.39, 0.29) is 11.7 Å². The van der Waals surface area contributed by atoms with Gasteiger partial charge in [0, 0.05) is 6.54 Å². The fourth-order valence-corrected chi connectivity index (χ4v) is 1.76. The number of hydrogen-bond acceptors (Lipinski definition) is 2. The van der Waals surface area contributed by atoms with Crippen LogP contribution in [0.15, 0.2) is 48.5 Å². The molecular formula is C15H13BrFNO2. The lowest BCUT2D eigenvalue weighted by molar-refractivity contribution is -0.118. The number of ether oxygens (including phenoxy) is 1. The number of halogens is 2. The average Bonchev–Trinajstić information content (AvgIpc) is 2.48. The van der Waals surface area contributed by atoms with Gasteiger partial charge in [-0.05, 0) is 42.0 Å². The standard InChI is InChI=1S/C15H13BrFNO2/c16-9-15(19)18-10-11-1-5-13(6-2-11)20-14-7-3-12(17)4-8-14/h1-8H,9-10H2,(H,18,19). The molecule has 3 nitrogen and oxygen atoms in total. The van der Waals surface area contributed by atoms with Crippen LogP contribution in [0.25, 0.3) is 0 Å². The number of benzene rings is 2. The van der Waals surface area contributed by atoms with Crippen molar-refractivity contribution in [1.82, 2.24) is 5.32 Å². The Hall–Kier alpha value is -1.88. The molecular weight excluding hydrogens is 325 g/mol. The van der Waals surface area contributed by atoms with Gasteiger partial charge in [0.1, 0.15) is 17.3 Å². The highest BCUT2D eigenvalue weighted by Gasteiger charge is 2.00. The summed E-state index contributed by atoms with van der Waals surface area (Å²) < 4.78 is 18.3. The molecule has 1 N–H and O–H groups in total. The molecule has 0 radical (unpaired) electrons. The molecule has 2 aromatic rings. The van der Waals surface area contributed by atoms with Gasteiger partial charge in [0.25, 0.3) is 0 Å². The normalized spacial score (nSPS) is 10.1. The fourth-order valence-electron chi connectivity index (χ4n) is 1.56. The largest absolute Gasteiger partial charge is 0.457 e. The lowest BCUT2D eigenvalue weighted by atomic mass is 10.2. The molecule has 0 atom stereocenters. The molecule has 0 saturated carbocycles. The Balaban J connectivity index is 1.94. The van der Waals surface area contributed by atoms with Crippen molar-refractivity contribution in [3.8, 4) is 11.5 Å². The zero-order valence-corrected chi connectivity index (χ0v) is 12.2. The summed E-state index contributed by atoms with van der Waals surface area (Å²) in [6.45, 7) is 0.473. The number of hydrogen-bond donors (Lipinski definition) is 1. The number of carbonyl (C=O) groups excluding carboxylic acids is 1. The third kappa shape index (κ3) is 4.35. The molecule has 0 fully saturated rings. The molecule has 2 rings (SSSR count). The van der Waals surface area contributed by atoms with Gasteiger partial charge in [-0.1, -0.05) is 28.1 Å². The van der Waals surface area contributed by atoms with Crippen LogP contribution >= 0.6 is 15.9 Å². The van der Waals surface area contributed by atoms with Gasteiger partial charge >= 0.3 is 0 Å². The van der Waals surface area contributed by atoms with E-state index in [9.17, 15) is 9.18 Å². The van der Waals surface area contributed by atoms with Crippen molar-refractivity contribution in [1.29, 1.82) is 0 Å². The van der Waals surface area contributed by atoms with E-state index < -0.39 is 0 Å².